The molecule has 3 nitrogen and oxygen atoms in total. The van der Waals surface area contributed by atoms with Gasteiger partial charge in [0.2, 0.25) is 0 Å². The van der Waals surface area contributed by atoms with Gasteiger partial charge in [-0.05, 0) is 25.0 Å². The second kappa shape index (κ2) is 5.64. The zero-order valence-corrected chi connectivity index (χ0v) is 10.3. The second-order valence-corrected chi connectivity index (χ2v) is 4.06. The molecule has 0 unspecified atom stereocenters. The van der Waals surface area contributed by atoms with E-state index < -0.39 is 11.4 Å². The smallest absolute Gasteiger partial charge is 0.318 e. The minimum atomic E-state index is -1.09. The third-order valence-corrected chi connectivity index (χ3v) is 2.83. The van der Waals surface area contributed by atoms with E-state index in [1.54, 1.807) is 13.8 Å². The molecule has 0 bridgehead atoms. The third-order valence-electron chi connectivity index (χ3n) is 2.83. The molecule has 1 aromatic carbocycles. The summed E-state index contributed by atoms with van der Waals surface area (Å²) >= 11 is 0. The van der Waals surface area contributed by atoms with Gasteiger partial charge in [-0.2, -0.15) is 0 Å². The van der Waals surface area contributed by atoms with Gasteiger partial charge >= 0.3 is 5.97 Å². The molecule has 0 aliphatic rings. The highest BCUT2D eigenvalue weighted by molar-refractivity contribution is 5.92. The standard InChI is InChI=1S/C14H18O3/c1-4-17-13(16)14(3,10-15)11(2)12-8-6-5-7-9-12/h5-9,15H,2,4,10H2,1,3H3/t14-/m1/s1. The van der Waals surface area contributed by atoms with Gasteiger partial charge in [-0.15, -0.1) is 0 Å². The first-order chi connectivity index (χ1) is 8.06. The molecule has 0 aliphatic heterocycles. The van der Waals surface area contributed by atoms with E-state index in [9.17, 15) is 9.90 Å². The molecule has 1 rings (SSSR count). The van der Waals surface area contributed by atoms with Gasteiger partial charge in [0.25, 0.3) is 0 Å². The zero-order chi connectivity index (χ0) is 12.9. The van der Waals surface area contributed by atoms with Gasteiger partial charge in [0.05, 0.1) is 13.2 Å². The Kier molecular flexibility index (Phi) is 4.46. The first-order valence-corrected chi connectivity index (χ1v) is 5.59. The number of ether oxygens (including phenoxy) is 1. The molecule has 17 heavy (non-hydrogen) atoms. The minimum Gasteiger partial charge on any atom is -0.465 e. The van der Waals surface area contributed by atoms with Crippen LogP contribution in [0.3, 0.4) is 0 Å². The monoisotopic (exact) mass is 234 g/mol. The fourth-order valence-corrected chi connectivity index (χ4v) is 1.53. The number of carbonyl (C=O) groups is 1. The molecule has 0 spiro atoms. The summed E-state index contributed by atoms with van der Waals surface area (Å²) in [5.74, 6) is -0.448. The molecule has 0 heterocycles. The van der Waals surface area contributed by atoms with E-state index in [1.807, 2.05) is 30.3 Å². The summed E-state index contributed by atoms with van der Waals surface area (Å²) < 4.78 is 4.98. The summed E-state index contributed by atoms with van der Waals surface area (Å²) in [4.78, 5) is 11.9. The molecule has 1 N–H and O–H groups in total. The normalized spacial score (nSPS) is 13.8. The molecule has 0 saturated heterocycles. The third kappa shape index (κ3) is 2.74. The molecule has 1 atom stereocenters. The van der Waals surface area contributed by atoms with Crippen LogP contribution in [0.2, 0.25) is 0 Å². The largest absolute Gasteiger partial charge is 0.465 e. The number of esters is 1. The Balaban J connectivity index is 3.02. The molecule has 3 heteroatoms. The van der Waals surface area contributed by atoms with Crippen LogP contribution >= 0.6 is 0 Å². The Morgan fingerprint density at radius 2 is 2.00 bits per heavy atom. The first kappa shape index (κ1) is 13.5. The fourth-order valence-electron chi connectivity index (χ4n) is 1.53. The van der Waals surface area contributed by atoms with Crippen molar-refractivity contribution in [3.63, 3.8) is 0 Å². The molecular formula is C14H18O3. The quantitative estimate of drug-likeness (QED) is 0.795. The van der Waals surface area contributed by atoms with E-state index in [2.05, 4.69) is 6.58 Å². The summed E-state index contributed by atoms with van der Waals surface area (Å²) in [6.07, 6.45) is 0. The van der Waals surface area contributed by atoms with Gasteiger partial charge in [0.1, 0.15) is 5.41 Å². The van der Waals surface area contributed by atoms with Crippen molar-refractivity contribution < 1.29 is 14.6 Å². The number of rotatable bonds is 5. The lowest BCUT2D eigenvalue weighted by Crippen LogP contribution is -2.34. The first-order valence-electron chi connectivity index (χ1n) is 5.59. The molecular weight excluding hydrogens is 216 g/mol. The summed E-state index contributed by atoms with van der Waals surface area (Å²) in [5, 5.41) is 9.45. The van der Waals surface area contributed by atoms with Gasteiger partial charge in [-0.3, -0.25) is 4.79 Å². The highest BCUT2D eigenvalue weighted by Gasteiger charge is 2.37. The van der Waals surface area contributed by atoms with Crippen molar-refractivity contribution in [1.29, 1.82) is 0 Å². The SMILES string of the molecule is C=C(c1ccccc1)[C@@](C)(CO)C(=O)OCC. The van der Waals surface area contributed by atoms with Crippen LogP contribution in [0, 0.1) is 5.41 Å². The molecule has 1 aromatic rings. The van der Waals surface area contributed by atoms with Crippen LogP contribution in [0.4, 0.5) is 0 Å². The predicted octanol–water partition coefficient (Wildman–Crippen LogP) is 2.26. The Bertz CT molecular complexity index is 397. The number of hydrogen-bond acceptors (Lipinski definition) is 3. The molecule has 0 amide bonds. The van der Waals surface area contributed by atoms with Crippen LogP contribution in [0.15, 0.2) is 36.9 Å². The number of hydrogen-bond donors (Lipinski definition) is 1. The van der Waals surface area contributed by atoms with Crippen LogP contribution in [0.1, 0.15) is 19.4 Å². The van der Waals surface area contributed by atoms with Crippen LogP contribution < -0.4 is 0 Å². The Morgan fingerprint density at radius 3 is 2.47 bits per heavy atom. The van der Waals surface area contributed by atoms with Gasteiger partial charge in [-0.25, -0.2) is 0 Å². The minimum absolute atomic E-state index is 0.288. The maximum Gasteiger partial charge on any atom is 0.318 e. The predicted molar refractivity (Wildman–Crippen MR) is 67.3 cm³/mol. The Labute approximate surface area is 102 Å². The number of aliphatic hydroxyl groups excluding tert-OH is 1. The molecule has 0 radical (unpaired) electrons. The van der Waals surface area contributed by atoms with Gasteiger partial charge in [-0.1, -0.05) is 36.9 Å². The average molecular weight is 234 g/mol. The number of carbonyl (C=O) groups excluding carboxylic acids is 1. The van der Waals surface area contributed by atoms with E-state index in [4.69, 9.17) is 4.74 Å². The van der Waals surface area contributed by atoms with Crippen molar-refractivity contribution >= 4 is 11.5 Å². The molecule has 0 aliphatic carbocycles. The second-order valence-electron chi connectivity index (χ2n) is 4.06. The van der Waals surface area contributed by atoms with E-state index in [-0.39, 0.29) is 13.2 Å². The van der Waals surface area contributed by atoms with Crippen molar-refractivity contribution in [3.05, 3.63) is 42.5 Å². The Hall–Kier alpha value is -1.61. The van der Waals surface area contributed by atoms with Crippen LogP contribution in [-0.2, 0) is 9.53 Å². The van der Waals surface area contributed by atoms with E-state index in [0.29, 0.717) is 5.57 Å². The van der Waals surface area contributed by atoms with Crippen molar-refractivity contribution in [1.82, 2.24) is 0 Å². The Morgan fingerprint density at radius 1 is 1.41 bits per heavy atom. The van der Waals surface area contributed by atoms with Gasteiger partial charge in [0.15, 0.2) is 0 Å². The van der Waals surface area contributed by atoms with Crippen molar-refractivity contribution in [3.8, 4) is 0 Å². The molecule has 0 fully saturated rings. The lowest BCUT2D eigenvalue weighted by molar-refractivity contribution is -0.152. The van der Waals surface area contributed by atoms with E-state index in [0.717, 1.165) is 5.56 Å². The maximum atomic E-state index is 11.9. The summed E-state index contributed by atoms with van der Waals surface area (Å²) in [6.45, 7) is 7.25. The topological polar surface area (TPSA) is 46.5 Å². The van der Waals surface area contributed by atoms with Crippen molar-refractivity contribution in [2.24, 2.45) is 5.41 Å². The van der Waals surface area contributed by atoms with Crippen LogP contribution in [0.5, 0.6) is 0 Å². The summed E-state index contributed by atoms with van der Waals surface area (Å²) in [5.41, 5.74) is 0.313. The highest BCUT2D eigenvalue weighted by Crippen LogP contribution is 2.34. The average Bonchev–Trinajstić information content (AvgIpc) is 2.38. The maximum absolute atomic E-state index is 11.9. The zero-order valence-electron chi connectivity index (χ0n) is 10.3. The van der Waals surface area contributed by atoms with Crippen molar-refractivity contribution in [2.45, 2.75) is 13.8 Å². The summed E-state index contributed by atoms with van der Waals surface area (Å²) in [7, 11) is 0. The van der Waals surface area contributed by atoms with Gasteiger partial charge < -0.3 is 9.84 Å². The van der Waals surface area contributed by atoms with E-state index in [1.165, 1.54) is 0 Å². The van der Waals surface area contributed by atoms with Crippen LogP contribution in [0.25, 0.3) is 5.57 Å². The lowest BCUT2D eigenvalue weighted by Gasteiger charge is -2.27. The molecule has 0 aromatic heterocycles. The molecule has 0 saturated carbocycles. The van der Waals surface area contributed by atoms with E-state index >= 15 is 0 Å². The number of benzene rings is 1. The molecule has 92 valence electrons. The lowest BCUT2D eigenvalue weighted by atomic mass is 9.80. The fraction of sp³-hybridized carbons (Fsp3) is 0.357. The van der Waals surface area contributed by atoms with Gasteiger partial charge in [0, 0.05) is 0 Å². The van der Waals surface area contributed by atoms with Crippen LogP contribution in [-0.4, -0.2) is 24.3 Å². The summed E-state index contributed by atoms with van der Waals surface area (Å²) in [6, 6.07) is 9.33. The number of aliphatic hydroxyl groups is 1. The highest BCUT2D eigenvalue weighted by atomic mass is 16.5. The van der Waals surface area contributed by atoms with Crippen molar-refractivity contribution in [2.75, 3.05) is 13.2 Å².